The second-order valence-electron chi connectivity index (χ2n) is 4.73. The average molecular weight is 197 g/mol. The Hall–Kier alpha value is -0.0400. The number of hydrogen-bond acceptors (Lipinski definition) is 1. The van der Waals surface area contributed by atoms with Gasteiger partial charge in [0.05, 0.1) is 0 Å². The molecule has 0 spiro atoms. The largest absolute Gasteiger partial charge is 0.314 e. The van der Waals surface area contributed by atoms with E-state index in [0.717, 1.165) is 17.9 Å². The molecular weight excluding hydrogens is 170 g/mol. The van der Waals surface area contributed by atoms with Crippen molar-refractivity contribution < 1.29 is 0 Å². The van der Waals surface area contributed by atoms with E-state index in [0.29, 0.717) is 0 Å². The Morgan fingerprint density at radius 3 is 2.43 bits per heavy atom. The molecule has 1 aliphatic rings. The molecule has 84 valence electrons. The van der Waals surface area contributed by atoms with Crippen LogP contribution >= 0.6 is 0 Å². The summed E-state index contributed by atoms with van der Waals surface area (Å²) in [4.78, 5) is 0. The highest BCUT2D eigenvalue weighted by Crippen LogP contribution is 2.35. The van der Waals surface area contributed by atoms with Crippen LogP contribution in [0.4, 0.5) is 0 Å². The van der Waals surface area contributed by atoms with Crippen LogP contribution in [0.2, 0.25) is 0 Å². The minimum atomic E-state index is 0.833. The zero-order valence-corrected chi connectivity index (χ0v) is 10.2. The molecule has 14 heavy (non-hydrogen) atoms. The van der Waals surface area contributed by atoms with Gasteiger partial charge in [0.25, 0.3) is 0 Å². The van der Waals surface area contributed by atoms with Crippen LogP contribution < -0.4 is 5.32 Å². The van der Waals surface area contributed by atoms with Crippen molar-refractivity contribution in [3.8, 4) is 0 Å². The Bertz CT molecular complexity index is 140. The Morgan fingerprint density at radius 1 is 1.14 bits per heavy atom. The first kappa shape index (κ1) is 12.0. The van der Waals surface area contributed by atoms with E-state index in [-0.39, 0.29) is 0 Å². The fourth-order valence-electron chi connectivity index (χ4n) is 3.03. The first-order valence-electron chi connectivity index (χ1n) is 6.56. The molecule has 0 saturated heterocycles. The molecule has 0 radical (unpaired) electrons. The molecule has 1 nitrogen and oxygen atoms in total. The minimum absolute atomic E-state index is 0.833. The van der Waals surface area contributed by atoms with Gasteiger partial charge in [-0.25, -0.2) is 0 Å². The summed E-state index contributed by atoms with van der Waals surface area (Å²) >= 11 is 0. The van der Waals surface area contributed by atoms with Crippen LogP contribution in [0.1, 0.15) is 59.3 Å². The maximum absolute atomic E-state index is 3.73. The molecule has 1 aliphatic carbocycles. The number of rotatable bonds is 6. The van der Waals surface area contributed by atoms with Crippen LogP contribution in [0.5, 0.6) is 0 Å². The molecular formula is C13H27N. The van der Waals surface area contributed by atoms with Crippen LogP contribution in [0, 0.1) is 11.8 Å². The van der Waals surface area contributed by atoms with E-state index in [1.807, 2.05) is 0 Å². The van der Waals surface area contributed by atoms with Gasteiger partial charge in [-0.2, -0.15) is 0 Å². The van der Waals surface area contributed by atoms with Crippen molar-refractivity contribution in [2.24, 2.45) is 11.8 Å². The molecule has 0 heterocycles. The van der Waals surface area contributed by atoms with Gasteiger partial charge < -0.3 is 5.32 Å². The monoisotopic (exact) mass is 197 g/mol. The molecule has 1 rings (SSSR count). The lowest BCUT2D eigenvalue weighted by Crippen LogP contribution is -2.36. The predicted molar refractivity (Wildman–Crippen MR) is 63.5 cm³/mol. The molecule has 0 bridgehead atoms. The van der Waals surface area contributed by atoms with Gasteiger partial charge >= 0.3 is 0 Å². The zero-order valence-electron chi connectivity index (χ0n) is 10.2. The van der Waals surface area contributed by atoms with Gasteiger partial charge in [-0.15, -0.1) is 0 Å². The Labute approximate surface area is 89.7 Å². The van der Waals surface area contributed by atoms with E-state index in [1.165, 1.54) is 45.1 Å². The van der Waals surface area contributed by atoms with Crippen LogP contribution in [0.25, 0.3) is 0 Å². The van der Waals surface area contributed by atoms with E-state index >= 15 is 0 Å². The normalized spacial score (nSPS) is 27.4. The first-order valence-corrected chi connectivity index (χ1v) is 6.56. The summed E-state index contributed by atoms with van der Waals surface area (Å²) in [5.41, 5.74) is 0. The van der Waals surface area contributed by atoms with Gasteiger partial charge in [0.15, 0.2) is 0 Å². The summed E-state index contributed by atoms with van der Waals surface area (Å²) < 4.78 is 0. The summed E-state index contributed by atoms with van der Waals surface area (Å²) in [6.45, 7) is 8.17. The van der Waals surface area contributed by atoms with Crippen molar-refractivity contribution in [3.63, 3.8) is 0 Å². The van der Waals surface area contributed by atoms with Crippen LogP contribution in [-0.2, 0) is 0 Å². The molecule has 2 unspecified atom stereocenters. The third-order valence-corrected chi connectivity index (χ3v) is 3.88. The van der Waals surface area contributed by atoms with Gasteiger partial charge in [-0.3, -0.25) is 0 Å². The quantitative estimate of drug-likeness (QED) is 0.686. The highest BCUT2D eigenvalue weighted by atomic mass is 14.9. The smallest absolute Gasteiger partial charge is 0.00979 e. The van der Waals surface area contributed by atoms with Crippen molar-refractivity contribution in [2.45, 2.75) is 65.3 Å². The Balaban J connectivity index is 2.40. The summed E-state index contributed by atoms with van der Waals surface area (Å²) in [5, 5.41) is 3.73. The van der Waals surface area contributed by atoms with E-state index < -0.39 is 0 Å². The fraction of sp³-hybridized carbons (Fsp3) is 1.00. The summed E-state index contributed by atoms with van der Waals surface area (Å²) in [7, 11) is 0. The second-order valence-corrected chi connectivity index (χ2v) is 4.73. The van der Waals surface area contributed by atoms with Gasteiger partial charge in [-0.05, 0) is 37.6 Å². The van der Waals surface area contributed by atoms with Gasteiger partial charge in [0.1, 0.15) is 0 Å². The Morgan fingerprint density at radius 2 is 1.86 bits per heavy atom. The molecule has 2 atom stereocenters. The maximum Gasteiger partial charge on any atom is 0.00979 e. The van der Waals surface area contributed by atoms with Gasteiger partial charge in [0.2, 0.25) is 0 Å². The average Bonchev–Trinajstić information content (AvgIpc) is 2.65. The minimum Gasteiger partial charge on any atom is -0.314 e. The Kier molecular flexibility index (Phi) is 5.54. The number of nitrogens with one attached hydrogen (secondary N) is 1. The molecule has 1 saturated carbocycles. The topological polar surface area (TPSA) is 12.0 Å². The second kappa shape index (κ2) is 6.44. The molecule has 0 aromatic heterocycles. The SMILES string of the molecule is CCCNC1CCCC1C(CC)CC. The third-order valence-electron chi connectivity index (χ3n) is 3.88. The fourth-order valence-corrected chi connectivity index (χ4v) is 3.03. The van der Waals surface area contributed by atoms with Crippen molar-refractivity contribution in [3.05, 3.63) is 0 Å². The lowest BCUT2D eigenvalue weighted by Gasteiger charge is -2.27. The van der Waals surface area contributed by atoms with E-state index in [2.05, 4.69) is 26.1 Å². The molecule has 0 aromatic rings. The van der Waals surface area contributed by atoms with Gasteiger partial charge in [0, 0.05) is 6.04 Å². The third kappa shape index (κ3) is 2.98. The molecule has 0 aliphatic heterocycles. The molecule has 1 heteroatoms. The first-order chi connectivity index (χ1) is 6.83. The lowest BCUT2D eigenvalue weighted by atomic mass is 9.84. The summed E-state index contributed by atoms with van der Waals surface area (Å²) in [5.74, 6) is 1.93. The predicted octanol–water partition coefficient (Wildman–Crippen LogP) is 3.59. The maximum atomic E-state index is 3.73. The lowest BCUT2D eigenvalue weighted by molar-refractivity contribution is 0.264. The van der Waals surface area contributed by atoms with Crippen LogP contribution in [-0.4, -0.2) is 12.6 Å². The highest BCUT2D eigenvalue weighted by Gasteiger charge is 2.31. The van der Waals surface area contributed by atoms with E-state index in [1.54, 1.807) is 0 Å². The van der Waals surface area contributed by atoms with Crippen molar-refractivity contribution in [1.29, 1.82) is 0 Å². The summed E-state index contributed by atoms with van der Waals surface area (Å²) in [6, 6.07) is 0.833. The van der Waals surface area contributed by atoms with Crippen molar-refractivity contribution in [1.82, 2.24) is 5.32 Å². The van der Waals surface area contributed by atoms with E-state index in [4.69, 9.17) is 0 Å². The van der Waals surface area contributed by atoms with Crippen LogP contribution in [0.15, 0.2) is 0 Å². The molecule has 0 aromatic carbocycles. The summed E-state index contributed by atoms with van der Waals surface area (Å²) in [6.07, 6.45) is 8.33. The number of hydrogen-bond donors (Lipinski definition) is 1. The van der Waals surface area contributed by atoms with Crippen molar-refractivity contribution in [2.75, 3.05) is 6.54 Å². The molecule has 1 N–H and O–H groups in total. The zero-order chi connectivity index (χ0) is 10.4. The van der Waals surface area contributed by atoms with Crippen LogP contribution in [0.3, 0.4) is 0 Å². The standard InChI is InChI=1S/C13H27N/c1-4-10-14-13-9-7-8-12(13)11(5-2)6-3/h11-14H,4-10H2,1-3H3. The highest BCUT2D eigenvalue weighted by molar-refractivity contribution is 4.86. The van der Waals surface area contributed by atoms with Crippen molar-refractivity contribution >= 4 is 0 Å². The molecule has 1 fully saturated rings. The molecule has 0 amide bonds. The van der Waals surface area contributed by atoms with Gasteiger partial charge in [-0.1, -0.05) is 40.0 Å². The van der Waals surface area contributed by atoms with E-state index in [9.17, 15) is 0 Å².